The average molecular weight is 310 g/mol. The van der Waals surface area contributed by atoms with Gasteiger partial charge in [-0.05, 0) is 19.4 Å². The molecule has 0 aliphatic carbocycles. The minimum absolute atomic E-state index is 0.152. The highest BCUT2D eigenvalue weighted by atomic mass is 16.6. The van der Waals surface area contributed by atoms with Gasteiger partial charge < -0.3 is 10.6 Å². The molecule has 2 N–H and O–H groups in total. The molecule has 0 bridgehead atoms. The summed E-state index contributed by atoms with van der Waals surface area (Å²) in [6.45, 7) is 4.45. The lowest BCUT2D eigenvalue weighted by atomic mass is 10.2. The summed E-state index contributed by atoms with van der Waals surface area (Å²) in [5, 5.41) is 9.18. The molecular formula is C16H18N6O. The van der Waals surface area contributed by atoms with Crippen LogP contribution in [0.15, 0.2) is 41.8 Å². The minimum atomic E-state index is 0.152. The van der Waals surface area contributed by atoms with E-state index in [4.69, 9.17) is 10.6 Å². The summed E-state index contributed by atoms with van der Waals surface area (Å²) >= 11 is 0. The summed E-state index contributed by atoms with van der Waals surface area (Å²) in [5.41, 5.74) is 8.29. The highest BCUT2D eigenvalue weighted by Gasteiger charge is 2.15. The number of rotatable bonds is 5. The zero-order valence-electron chi connectivity index (χ0n) is 13.0. The van der Waals surface area contributed by atoms with Gasteiger partial charge in [0.1, 0.15) is 24.4 Å². The molecule has 0 fully saturated rings. The number of nitrogens with zero attached hydrogens (tertiary/aromatic N) is 5. The maximum Gasteiger partial charge on any atom is 0.164 e. The van der Waals surface area contributed by atoms with Crippen LogP contribution in [0.4, 0.5) is 5.82 Å². The van der Waals surface area contributed by atoms with Crippen LogP contribution >= 0.6 is 0 Å². The SMILES string of the molecule is CC(C)n1nc(/C=N/OCc2ccccc2)c2c(N)ncnc21. The van der Waals surface area contributed by atoms with Crippen LogP contribution in [0.2, 0.25) is 0 Å². The van der Waals surface area contributed by atoms with Crippen molar-refractivity contribution in [1.82, 2.24) is 19.7 Å². The fraction of sp³-hybridized carbons (Fsp3) is 0.250. The summed E-state index contributed by atoms with van der Waals surface area (Å²) in [5.74, 6) is 0.381. The standard InChI is InChI=1S/C16H18N6O/c1-11(2)22-16-14(15(17)18-10-19-16)13(21-22)8-20-23-9-12-6-4-3-5-7-12/h3-8,10-11H,9H2,1-2H3,(H2,17,18,19)/b20-8+. The van der Waals surface area contributed by atoms with E-state index in [0.717, 1.165) is 5.56 Å². The predicted molar refractivity (Wildman–Crippen MR) is 88.9 cm³/mol. The first-order chi connectivity index (χ1) is 11.2. The smallest absolute Gasteiger partial charge is 0.164 e. The number of benzene rings is 1. The molecule has 0 aliphatic rings. The summed E-state index contributed by atoms with van der Waals surface area (Å²) in [6.07, 6.45) is 2.98. The van der Waals surface area contributed by atoms with Gasteiger partial charge in [0, 0.05) is 6.04 Å². The van der Waals surface area contributed by atoms with Crippen LogP contribution in [0.1, 0.15) is 31.1 Å². The van der Waals surface area contributed by atoms with Crippen LogP contribution in [0.25, 0.3) is 11.0 Å². The van der Waals surface area contributed by atoms with Crippen LogP contribution in [-0.4, -0.2) is 26.0 Å². The number of nitrogens with two attached hydrogens (primary N) is 1. The van der Waals surface area contributed by atoms with Gasteiger partial charge in [0.2, 0.25) is 0 Å². The first kappa shape index (κ1) is 15.0. The van der Waals surface area contributed by atoms with Crippen LogP contribution < -0.4 is 5.73 Å². The zero-order chi connectivity index (χ0) is 16.2. The van der Waals surface area contributed by atoms with Crippen molar-refractivity contribution in [2.45, 2.75) is 26.5 Å². The van der Waals surface area contributed by atoms with E-state index in [2.05, 4.69) is 20.2 Å². The lowest BCUT2D eigenvalue weighted by Crippen LogP contribution is -2.04. The number of aromatic nitrogens is 4. The second kappa shape index (κ2) is 6.43. The first-order valence-corrected chi connectivity index (χ1v) is 7.34. The Morgan fingerprint density at radius 1 is 1.26 bits per heavy atom. The van der Waals surface area contributed by atoms with Crippen LogP contribution in [0, 0.1) is 0 Å². The van der Waals surface area contributed by atoms with Crippen molar-refractivity contribution in [3.8, 4) is 0 Å². The molecule has 3 aromatic rings. The molecule has 1 aromatic carbocycles. The Labute approximate surface area is 133 Å². The number of anilines is 1. The maximum absolute atomic E-state index is 5.96. The van der Waals surface area contributed by atoms with Crippen molar-refractivity contribution < 1.29 is 4.84 Å². The number of hydrogen-bond donors (Lipinski definition) is 1. The third kappa shape index (κ3) is 3.13. The second-order valence-corrected chi connectivity index (χ2v) is 5.37. The third-order valence-corrected chi connectivity index (χ3v) is 3.36. The second-order valence-electron chi connectivity index (χ2n) is 5.37. The van der Waals surface area contributed by atoms with Gasteiger partial charge in [-0.3, -0.25) is 0 Å². The van der Waals surface area contributed by atoms with Crippen molar-refractivity contribution in [3.63, 3.8) is 0 Å². The Kier molecular flexibility index (Phi) is 4.18. The normalized spacial score (nSPS) is 11.6. The fourth-order valence-corrected chi connectivity index (χ4v) is 2.25. The van der Waals surface area contributed by atoms with Crippen LogP contribution in [0.5, 0.6) is 0 Å². The predicted octanol–water partition coefficient (Wildman–Crippen LogP) is 2.54. The number of fused-ring (bicyclic) bond motifs is 1. The Hall–Kier alpha value is -2.96. The first-order valence-electron chi connectivity index (χ1n) is 7.34. The Bertz CT molecular complexity index is 825. The molecule has 118 valence electrons. The van der Waals surface area contributed by atoms with E-state index in [1.165, 1.54) is 6.33 Å². The van der Waals surface area contributed by atoms with E-state index in [1.54, 1.807) is 10.9 Å². The van der Waals surface area contributed by atoms with Gasteiger partial charge in [0.15, 0.2) is 5.65 Å². The van der Waals surface area contributed by atoms with Crippen LogP contribution in [0.3, 0.4) is 0 Å². The van der Waals surface area contributed by atoms with Gasteiger partial charge >= 0.3 is 0 Å². The van der Waals surface area contributed by atoms with Crippen molar-refractivity contribution in [1.29, 1.82) is 0 Å². The van der Waals surface area contributed by atoms with E-state index < -0.39 is 0 Å². The molecule has 0 spiro atoms. The largest absolute Gasteiger partial charge is 0.391 e. The van der Waals surface area contributed by atoms with E-state index in [0.29, 0.717) is 29.2 Å². The van der Waals surface area contributed by atoms with Crippen molar-refractivity contribution in [2.75, 3.05) is 5.73 Å². The van der Waals surface area contributed by atoms with Gasteiger partial charge in [0.05, 0.1) is 11.6 Å². The summed E-state index contributed by atoms with van der Waals surface area (Å²) in [7, 11) is 0. The topological polar surface area (TPSA) is 91.2 Å². The van der Waals surface area contributed by atoms with Crippen molar-refractivity contribution >= 4 is 23.1 Å². The Balaban J connectivity index is 1.83. The number of nitrogen functional groups attached to an aromatic ring is 1. The average Bonchev–Trinajstić information content (AvgIpc) is 2.93. The van der Waals surface area contributed by atoms with Gasteiger partial charge in [0.25, 0.3) is 0 Å². The molecule has 7 nitrogen and oxygen atoms in total. The molecular weight excluding hydrogens is 292 g/mol. The van der Waals surface area contributed by atoms with E-state index in [9.17, 15) is 0 Å². The highest BCUT2D eigenvalue weighted by molar-refractivity contribution is 6.00. The molecule has 3 rings (SSSR count). The minimum Gasteiger partial charge on any atom is -0.391 e. The number of oxime groups is 1. The Morgan fingerprint density at radius 2 is 2.04 bits per heavy atom. The molecule has 0 amide bonds. The summed E-state index contributed by atoms with van der Waals surface area (Å²) < 4.78 is 1.80. The lowest BCUT2D eigenvalue weighted by Gasteiger charge is -2.05. The molecule has 7 heteroatoms. The molecule has 23 heavy (non-hydrogen) atoms. The van der Waals surface area contributed by atoms with Crippen LogP contribution in [-0.2, 0) is 11.4 Å². The molecule has 0 saturated carbocycles. The Morgan fingerprint density at radius 3 is 2.78 bits per heavy atom. The fourth-order valence-electron chi connectivity index (χ4n) is 2.25. The van der Waals surface area contributed by atoms with E-state index >= 15 is 0 Å². The summed E-state index contributed by atoms with van der Waals surface area (Å²) in [6, 6.07) is 9.98. The monoisotopic (exact) mass is 310 g/mol. The molecule has 0 saturated heterocycles. The van der Waals surface area contributed by atoms with Crippen molar-refractivity contribution in [2.24, 2.45) is 5.16 Å². The highest BCUT2D eigenvalue weighted by Crippen LogP contribution is 2.22. The maximum atomic E-state index is 5.96. The zero-order valence-corrected chi connectivity index (χ0v) is 13.0. The third-order valence-electron chi connectivity index (χ3n) is 3.36. The van der Waals surface area contributed by atoms with Crippen molar-refractivity contribution in [3.05, 3.63) is 47.9 Å². The molecule has 0 unspecified atom stereocenters. The number of hydrogen-bond acceptors (Lipinski definition) is 6. The quantitative estimate of drug-likeness (QED) is 0.577. The van der Waals surface area contributed by atoms with Gasteiger partial charge in [-0.25, -0.2) is 14.6 Å². The lowest BCUT2D eigenvalue weighted by molar-refractivity contribution is 0.132. The molecule has 0 aliphatic heterocycles. The molecule has 0 atom stereocenters. The van der Waals surface area contributed by atoms with E-state index in [-0.39, 0.29) is 6.04 Å². The van der Waals surface area contributed by atoms with Gasteiger partial charge in [-0.1, -0.05) is 35.5 Å². The van der Waals surface area contributed by atoms with E-state index in [1.807, 2.05) is 44.2 Å². The van der Waals surface area contributed by atoms with Gasteiger partial charge in [-0.15, -0.1) is 0 Å². The molecule has 2 heterocycles. The van der Waals surface area contributed by atoms with Gasteiger partial charge in [-0.2, -0.15) is 5.10 Å². The molecule has 0 radical (unpaired) electrons. The molecule has 2 aromatic heterocycles. The summed E-state index contributed by atoms with van der Waals surface area (Å²) in [4.78, 5) is 13.6.